The minimum absolute atomic E-state index is 0.0507. The molecule has 1 fully saturated rings. The van der Waals surface area contributed by atoms with Gasteiger partial charge in [-0.2, -0.15) is 0 Å². The van der Waals surface area contributed by atoms with Crippen molar-refractivity contribution >= 4 is 17.5 Å². The minimum atomic E-state index is -0.589. The molecule has 20 heavy (non-hydrogen) atoms. The molecule has 0 saturated carbocycles. The van der Waals surface area contributed by atoms with Crippen LogP contribution < -0.4 is 11.1 Å². The molecule has 0 spiro atoms. The Bertz CT molecular complexity index is 496. The van der Waals surface area contributed by atoms with Gasteiger partial charge < -0.3 is 20.7 Å². The molecular formula is C14H19N3O3. The number of benzene rings is 1. The number of ether oxygens (including phenoxy) is 1. The summed E-state index contributed by atoms with van der Waals surface area (Å²) in [5.41, 5.74) is 6.62. The first-order chi connectivity index (χ1) is 9.58. The number of hydrogen-bond donors (Lipinski definition) is 2. The second kappa shape index (κ2) is 6.49. The summed E-state index contributed by atoms with van der Waals surface area (Å²) in [4.78, 5) is 25.6. The molecule has 1 atom stereocenters. The van der Waals surface area contributed by atoms with Crippen molar-refractivity contribution in [3.63, 3.8) is 0 Å². The predicted molar refractivity (Wildman–Crippen MR) is 75.4 cm³/mol. The minimum Gasteiger partial charge on any atom is -0.378 e. The Balaban J connectivity index is 2.08. The number of nitrogens with zero attached hydrogens (tertiary/aromatic N) is 1. The van der Waals surface area contributed by atoms with Crippen LogP contribution in [-0.4, -0.2) is 49.1 Å². The molecule has 1 aliphatic heterocycles. The van der Waals surface area contributed by atoms with E-state index < -0.39 is 6.04 Å². The summed E-state index contributed by atoms with van der Waals surface area (Å²) in [7, 11) is 0. The zero-order valence-corrected chi connectivity index (χ0v) is 11.5. The fourth-order valence-electron chi connectivity index (χ4n) is 1.94. The van der Waals surface area contributed by atoms with E-state index in [1.54, 1.807) is 36.1 Å². The number of anilines is 1. The molecule has 1 aromatic carbocycles. The molecule has 0 aromatic heterocycles. The Morgan fingerprint density at radius 2 is 2.05 bits per heavy atom. The van der Waals surface area contributed by atoms with Crippen molar-refractivity contribution < 1.29 is 14.3 Å². The van der Waals surface area contributed by atoms with Crippen molar-refractivity contribution in [2.75, 3.05) is 31.6 Å². The van der Waals surface area contributed by atoms with Gasteiger partial charge in [0.15, 0.2) is 0 Å². The van der Waals surface area contributed by atoms with E-state index >= 15 is 0 Å². The molecule has 3 N–H and O–H groups in total. The number of nitrogens with one attached hydrogen (secondary N) is 1. The number of morpholine rings is 1. The Morgan fingerprint density at radius 3 is 2.70 bits per heavy atom. The first-order valence-electron chi connectivity index (χ1n) is 6.61. The molecule has 0 aliphatic carbocycles. The van der Waals surface area contributed by atoms with Crippen LogP contribution in [0.4, 0.5) is 5.69 Å². The highest BCUT2D eigenvalue weighted by atomic mass is 16.5. The maximum Gasteiger partial charge on any atom is 0.254 e. The molecule has 108 valence electrons. The zero-order chi connectivity index (χ0) is 14.5. The molecule has 0 unspecified atom stereocenters. The Kier molecular flexibility index (Phi) is 4.70. The van der Waals surface area contributed by atoms with E-state index in [4.69, 9.17) is 10.5 Å². The number of carbonyl (C=O) groups excluding carboxylic acids is 2. The topological polar surface area (TPSA) is 84.7 Å². The quantitative estimate of drug-likeness (QED) is 0.840. The fourth-order valence-corrected chi connectivity index (χ4v) is 1.94. The predicted octanol–water partition coefficient (Wildman–Crippen LogP) is 0.445. The number of hydrogen-bond acceptors (Lipinski definition) is 4. The normalized spacial score (nSPS) is 16.6. The van der Waals surface area contributed by atoms with E-state index in [9.17, 15) is 9.59 Å². The van der Waals surface area contributed by atoms with Crippen molar-refractivity contribution in [3.8, 4) is 0 Å². The first-order valence-corrected chi connectivity index (χ1v) is 6.61. The van der Waals surface area contributed by atoms with Crippen molar-refractivity contribution in [3.05, 3.63) is 29.8 Å². The van der Waals surface area contributed by atoms with Gasteiger partial charge in [-0.25, -0.2) is 0 Å². The van der Waals surface area contributed by atoms with Crippen molar-refractivity contribution in [2.24, 2.45) is 5.73 Å². The SMILES string of the molecule is C[C@@H](N)C(=O)Nc1cccc(C(=O)N2CCOCC2)c1. The molecule has 1 aliphatic rings. The Morgan fingerprint density at radius 1 is 1.35 bits per heavy atom. The van der Waals surface area contributed by atoms with E-state index in [1.165, 1.54) is 0 Å². The molecule has 1 saturated heterocycles. The Hall–Kier alpha value is -1.92. The summed E-state index contributed by atoms with van der Waals surface area (Å²) in [6.45, 7) is 3.92. The lowest BCUT2D eigenvalue weighted by Crippen LogP contribution is -2.40. The Labute approximate surface area is 117 Å². The third kappa shape index (κ3) is 3.55. The number of rotatable bonds is 3. The van der Waals surface area contributed by atoms with Crippen LogP contribution in [0.15, 0.2) is 24.3 Å². The van der Waals surface area contributed by atoms with Crippen LogP contribution in [-0.2, 0) is 9.53 Å². The lowest BCUT2D eigenvalue weighted by atomic mass is 10.1. The molecule has 2 amide bonds. The zero-order valence-electron chi connectivity index (χ0n) is 11.5. The second-order valence-corrected chi connectivity index (χ2v) is 4.76. The van der Waals surface area contributed by atoms with E-state index in [0.717, 1.165) is 0 Å². The second-order valence-electron chi connectivity index (χ2n) is 4.76. The lowest BCUT2D eigenvalue weighted by Gasteiger charge is -2.27. The maximum absolute atomic E-state index is 12.3. The smallest absolute Gasteiger partial charge is 0.254 e. The third-order valence-electron chi connectivity index (χ3n) is 3.09. The van der Waals surface area contributed by atoms with Gasteiger partial charge in [0.2, 0.25) is 5.91 Å². The summed E-state index contributed by atoms with van der Waals surface area (Å²) in [5.74, 6) is -0.328. The van der Waals surface area contributed by atoms with Gasteiger partial charge in [-0.15, -0.1) is 0 Å². The van der Waals surface area contributed by atoms with Crippen molar-refractivity contribution in [2.45, 2.75) is 13.0 Å². The molecular weight excluding hydrogens is 258 g/mol. The van der Waals surface area contributed by atoms with Crippen molar-refractivity contribution in [1.82, 2.24) is 4.90 Å². The molecule has 1 heterocycles. The standard InChI is InChI=1S/C14H19N3O3/c1-10(15)13(18)16-12-4-2-3-11(9-12)14(19)17-5-7-20-8-6-17/h2-4,9-10H,5-8,15H2,1H3,(H,16,18)/t10-/m1/s1. The highest BCUT2D eigenvalue weighted by Gasteiger charge is 2.18. The highest BCUT2D eigenvalue weighted by Crippen LogP contribution is 2.14. The number of amides is 2. The van der Waals surface area contributed by atoms with Crippen LogP contribution in [0.5, 0.6) is 0 Å². The van der Waals surface area contributed by atoms with Crippen LogP contribution in [0.25, 0.3) is 0 Å². The molecule has 2 rings (SSSR count). The molecule has 6 heteroatoms. The van der Waals surface area contributed by atoms with E-state index in [-0.39, 0.29) is 11.8 Å². The fraction of sp³-hybridized carbons (Fsp3) is 0.429. The van der Waals surface area contributed by atoms with Crippen molar-refractivity contribution in [1.29, 1.82) is 0 Å². The van der Waals surface area contributed by atoms with Gasteiger partial charge in [-0.1, -0.05) is 6.07 Å². The van der Waals surface area contributed by atoms with Gasteiger partial charge in [-0.05, 0) is 25.1 Å². The molecule has 6 nitrogen and oxygen atoms in total. The van der Waals surface area contributed by atoms with Crippen LogP contribution in [0, 0.1) is 0 Å². The number of carbonyl (C=O) groups is 2. The van der Waals surface area contributed by atoms with Crippen LogP contribution in [0.3, 0.4) is 0 Å². The van der Waals surface area contributed by atoms with Crippen LogP contribution in [0.1, 0.15) is 17.3 Å². The van der Waals surface area contributed by atoms with Gasteiger partial charge in [0.25, 0.3) is 5.91 Å². The summed E-state index contributed by atoms with van der Waals surface area (Å²) in [6, 6.07) is 6.28. The summed E-state index contributed by atoms with van der Waals surface area (Å²) >= 11 is 0. The summed E-state index contributed by atoms with van der Waals surface area (Å²) in [5, 5.41) is 2.68. The van der Waals surface area contributed by atoms with Gasteiger partial charge in [0.05, 0.1) is 19.3 Å². The van der Waals surface area contributed by atoms with Crippen LogP contribution >= 0.6 is 0 Å². The van der Waals surface area contributed by atoms with Gasteiger partial charge in [0, 0.05) is 24.3 Å². The van der Waals surface area contributed by atoms with E-state index in [2.05, 4.69) is 5.32 Å². The van der Waals surface area contributed by atoms with E-state index in [0.29, 0.717) is 37.6 Å². The number of nitrogens with two attached hydrogens (primary N) is 1. The average molecular weight is 277 g/mol. The first kappa shape index (κ1) is 14.5. The molecule has 1 aromatic rings. The maximum atomic E-state index is 12.3. The van der Waals surface area contributed by atoms with Gasteiger partial charge in [-0.3, -0.25) is 9.59 Å². The third-order valence-corrected chi connectivity index (χ3v) is 3.09. The molecule has 0 bridgehead atoms. The summed E-state index contributed by atoms with van der Waals surface area (Å²) in [6.07, 6.45) is 0. The average Bonchev–Trinajstić information content (AvgIpc) is 2.47. The van der Waals surface area contributed by atoms with Gasteiger partial charge in [0.1, 0.15) is 0 Å². The molecule has 0 radical (unpaired) electrons. The van der Waals surface area contributed by atoms with E-state index in [1.807, 2.05) is 0 Å². The summed E-state index contributed by atoms with van der Waals surface area (Å²) < 4.78 is 5.22. The largest absolute Gasteiger partial charge is 0.378 e. The van der Waals surface area contributed by atoms with Gasteiger partial charge >= 0.3 is 0 Å². The van der Waals surface area contributed by atoms with Crippen LogP contribution in [0.2, 0.25) is 0 Å². The highest BCUT2D eigenvalue weighted by molar-refractivity contribution is 5.98. The lowest BCUT2D eigenvalue weighted by molar-refractivity contribution is -0.117. The monoisotopic (exact) mass is 277 g/mol.